The molecule has 98 valence electrons. The number of hydrogen-bond acceptors (Lipinski definition) is 3. The molecular weight excluding hydrogens is 230 g/mol. The van der Waals surface area contributed by atoms with Crippen molar-refractivity contribution in [2.75, 3.05) is 18.6 Å². The quantitative estimate of drug-likeness (QED) is 0.773. The number of aromatic nitrogens is 2. The van der Waals surface area contributed by atoms with Crippen molar-refractivity contribution in [1.82, 2.24) is 15.1 Å². The Hall–Kier alpha value is -0.480. The number of thioether (sulfide) groups is 1. The summed E-state index contributed by atoms with van der Waals surface area (Å²) in [6.07, 6.45) is 6.41. The largest absolute Gasteiger partial charge is 0.313 e. The molecule has 4 heteroatoms. The number of nitrogens with zero attached hydrogens (tertiary/aromatic N) is 2. The first kappa shape index (κ1) is 14.6. The highest BCUT2D eigenvalue weighted by Crippen LogP contribution is 2.13. The second-order valence-electron chi connectivity index (χ2n) is 4.68. The summed E-state index contributed by atoms with van der Waals surface area (Å²) in [5.74, 6) is 1.88. The highest BCUT2D eigenvalue weighted by Gasteiger charge is 2.17. The smallest absolute Gasteiger partial charge is 0.0640 e. The van der Waals surface area contributed by atoms with E-state index in [9.17, 15) is 0 Å². The summed E-state index contributed by atoms with van der Waals surface area (Å²) in [6, 6.07) is 2.66. The van der Waals surface area contributed by atoms with E-state index in [0.29, 0.717) is 12.0 Å². The molecule has 0 fully saturated rings. The van der Waals surface area contributed by atoms with Crippen molar-refractivity contribution in [1.29, 1.82) is 0 Å². The van der Waals surface area contributed by atoms with Crippen LogP contribution in [0.2, 0.25) is 0 Å². The van der Waals surface area contributed by atoms with Crippen LogP contribution in [0.5, 0.6) is 0 Å². The summed E-state index contributed by atoms with van der Waals surface area (Å²) < 4.78 is 1.88. The fourth-order valence-corrected chi connectivity index (χ4v) is 2.74. The monoisotopic (exact) mass is 255 g/mol. The molecule has 0 aliphatic rings. The van der Waals surface area contributed by atoms with E-state index in [2.05, 4.69) is 36.6 Å². The third-order valence-electron chi connectivity index (χ3n) is 2.97. The SMILES string of the molecule is CCCNC(Cc1ccn(C)n1)C(C)CSC. The maximum Gasteiger partial charge on any atom is 0.0640 e. The normalized spacial score (nSPS) is 14.8. The third-order valence-corrected chi connectivity index (χ3v) is 3.83. The average Bonchev–Trinajstić information content (AvgIpc) is 2.70. The fourth-order valence-electron chi connectivity index (χ4n) is 1.98. The zero-order chi connectivity index (χ0) is 12.7. The molecule has 0 aromatic carbocycles. The second-order valence-corrected chi connectivity index (χ2v) is 5.59. The van der Waals surface area contributed by atoms with Gasteiger partial charge in [0.1, 0.15) is 0 Å². The molecule has 2 unspecified atom stereocenters. The van der Waals surface area contributed by atoms with Crippen LogP contribution in [0.3, 0.4) is 0 Å². The summed E-state index contributed by atoms with van der Waals surface area (Å²) in [7, 11) is 1.98. The molecule has 0 radical (unpaired) electrons. The van der Waals surface area contributed by atoms with Crippen LogP contribution in [0, 0.1) is 5.92 Å². The van der Waals surface area contributed by atoms with E-state index in [0.717, 1.165) is 13.0 Å². The molecule has 0 saturated heterocycles. The maximum atomic E-state index is 4.47. The highest BCUT2D eigenvalue weighted by atomic mass is 32.2. The van der Waals surface area contributed by atoms with Crippen LogP contribution in [0.4, 0.5) is 0 Å². The lowest BCUT2D eigenvalue weighted by Crippen LogP contribution is -2.38. The van der Waals surface area contributed by atoms with Gasteiger partial charge < -0.3 is 5.32 Å². The van der Waals surface area contributed by atoms with Crippen molar-refractivity contribution in [3.8, 4) is 0 Å². The molecule has 17 heavy (non-hydrogen) atoms. The van der Waals surface area contributed by atoms with E-state index in [4.69, 9.17) is 0 Å². The molecule has 0 saturated carbocycles. The lowest BCUT2D eigenvalue weighted by molar-refractivity contribution is 0.398. The van der Waals surface area contributed by atoms with Gasteiger partial charge in [-0.3, -0.25) is 4.68 Å². The zero-order valence-electron chi connectivity index (χ0n) is 11.4. The van der Waals surface area contributed by atoms with Crippen LogP contribution in [0.15, 0.2) is 12.3 Å². The number of aryl methyl sites for hydroxylation is 1. The lowest BCUT2D eigenvalue weighted by Gasteiger charge is -2.24. The van der Waals surface area contributed by atoms with E-state index in [1.165, 1.54) is 17.9 Å². The Morgan fingerprint density at radius 2 is 2.29 bits per heavy atom. The summed E-state index contributed by atoms with van der Waals surface area (Å²) in [4.78, 5) is 0. The van der Waals surface area contributed by atoms with E-state index in [1.807, 2.05) is 29.7 Å². The summed E-state index contributed by atoms with van der Waals surface area (Å²) in [5, 5.41) is 8.12. The summed E-state index contributed by atoms with van der Waals surface area (Å²) in [6.45, 7) is 5.63. The van der Waals surface area contributed by atoms with Gasteiger partial charge in [0.2, 0.25) is 0 Å². The molecular formula is C13H25N3S. The van der Waals surface area contributed by atoms with Gasteiger partial charge in [-0.2, -0.15) is 16.9 Å². The Kier molecular flexibility index (Phi) is 6.66. The molecule has 1 N–H and O–H groups in total. The maximum absolute atomic E-state index is 4.47. The molecule has 0 aliphatic carbocycles. The van der Waals surface area contributed by atoms with E-state index < -0.39 is 0 Å². The predicted octanol–water partition coefficient (Wildman–Crippen LogP) is 2.33. The zero-order valence-corrected chi connectivity index (χ0v) is 12.3. The molecule has 2 atom stereocenters. The van der Waals surface area contributed by atoms with E-state index in [1.54, 1.807) is 0 Å². The molecule has 1 aromatic heterocycles. The molecule has 0 aliphatic heterocycles. The van der Waals surface area contributed by atoms with Gasteiger partial charge in [0.05, 0.1) is 5.69 Å². The van der Waals surface area contributed by atoms with E-state index in [-0.39, 0.29) is 0 Å². The van der Waals surface area contributed by atoms with Gasteiger partial charge in [-0.25, -0.2) is 0 Å². The van der Waals surface area contributed by atoms with Crippen molar-refractivity contribution in [3.63, 3.8) is 0 Å². The minimum atomic E-state index is 0.539. The van der Waals surface area contributed by atoms with E-state index >= 15 is 0 Å². The van der Waals surface area contributed by atoms with Crippen molar-refractivity contribution in [2.24, 2.45) is 13.0 Å². The topological polar surface area (TPSA) is 29.9 Å². The van der Waals surface area contributed by atoms with Crippen molar-refractivity contribution in [3.05, 3.63) is 18.0 Å². The lowest BCUT2D eigenvalue weighted by atomic mass is 9.99. The predicted molar refractivity (Wildman–Crippen MR) is 76.5 cm³/mol. The molecule has 0 amide bonds. The first-order valence-corrected chi connectivity index (χ1v) is 7.77. The molecule has 1 aromatic rings. The Morgan fingerprint density at radius 3 is 2.82 bits per heavy atom. The van der Waals surface area contributed by atoms with Crippen LogP contribution in [0.1, 0.15) is 26.0 Å². The highest BCUT2D eigenvalue weighted by molar-refractivity contribution is 7.98. The molecule has 1 rings (SSSR count). The summed E-state index contributed by atoms with van der Waals surface area (Å²) in [5.41, 5.74) is 1.19. The average molecular weight is 255 g/mol. The number of rotatable bonds is 8. The van der Waals surface area contributed by atoms with Crippen molar-refractivity contribution >= 4 is 11.8 Å². The van der Waals surface area contributed by atoms with Crippen LogP contribution >= 0.6 is 11.8 Å². The molecule has 0 spiro atoms. The van der Waals surface area contributed by atoms with Gasteiger partial charge in [-0.05, 0) is 37.0 Å². The molecule has 0 bridgehead atoms. The van der Waals surface area contributed by atoms with Gasteiger partial charge in [-0.15, -0.1) is 0 Å². The molecule has 1 heterocycles. The molecule has 3 nitrogen and oxygen atoms in total. The van der Waals surface area contributed by atoms with Crippen LogP contribution in [-0.2, 0) is 13.5 Å². The summed E-state index contributed by atoms with van der Waals surface area (Å²) >= 11 is 1.92. The Morgan fingerprint density at radius 1 is 1.53 bits per heavy atom. The minimum absolute atomic E-state index is 0.539. The third kappa shape index (κ3) is 5.13. The van der Waals surface area contributed by atoms with Crippen molar-refractivity contribution < 1.29 is 0 Å². The fraction of sp³-hybridized carbons (Fsp3) is 0.769. The Labute approximate surface area is 109 Å². The minimum Gasteiger partial charge on any atom is -0.313 e. The van der Waals surface area contributed by atoms with Gasteiger partial charge >= 0.3 is 0 Å². The first-order valence-electron chi connectivity index (χ1n) is 6.38. The number of nitrogens with one attached hydrogen (secondary N) is 1. The van der Waals surface area contributed by atoms with Gasteiger partial charge in [0.25, 0.3) is 0 Å². The van der Waals surface area contributed by atoms with Crippen LogP contribution in [-0.4, -0.2) is 34.4 Å². The van der Waals surface area contributed by atoms with Crippen LogP contribution < -0.4 is 5.32 Å². The van der Waals surface area contributed by atoms with Gasteiger partial charge in [0, 0.05) is 25.7 Å². The standard InChI is InChI=1S/C13H25N3S/c1-5-7-14-13(11(2)10-17-4)9-12-6-8-16(3)15-12/h6,8,11,13-14H,5,7,9-10H2,1-4H3. The van der Waals surface area contributed by atoms with Crippen molar-refractivity contribution in [2.45, 2.75) is 32.7 Å². The Balaban J connectivity index is 2.55. The Bertz CT molecular complexity index is 311. The van der Waals surface area contributed by atoms with Gasteiger partial charge in [-0.1, -0.05) is 13.8 Å². The number of hydrogen-bond donors (Lipinski definition) is 1. The van der Waals surface area contributed by atoms with Gasteiger partial charge in [0.15, 0.2) is 0 Å². The second kappa shape index (κ2) is 7.77. The van der Waals surface area contributed by atoms with Crippen LogP contribution in [0.25, 0.3) is 0 Å². The first-order chi connectivity index (χ1) is 8.17.